The molecule has 3 aromatic rings. The third-order valence-corrected chi connectivity index (χ3v) is 3.59. The van der Waals surface area contributed by atoms with Crippen LogP contribution in [0.2, 0.25) is 0 Å². The van der Waals surface area contributed by atoms with Crippen molar-refractivity contribution in [3.05, 3.63) is 47.8 Å². The maximum Gasteiger partial charge on any atom is 0.180 e. The van der Waals surface area contributed by atoms with Crippen molar-refractivity contribution in [1.82, 2.24) is 14.8 Å². The predicted molar refractivity (Wildman–Crippen MR) is 84.8 cm³/mol. The van der Waals surface area contributed by atoms with Crippen LogP contribution in [-0.4, -0.2) is 25.0 Å². The molecule has 114 valence electrons. The highest BCUT2D eigenvalue weighted by atomic mass is 16.5. The van der Waals surface area contributed by atoms with Crippen LogP contribution in [0.1, 0.15) is 24.3 Å². The molecule has 1 aromatic carbocycles. The molecule has 0 aliphatic rings. The normalized spacial score (nSPS) is 11.3. The van der Waals surface area contributed by atoms with Gasteiger partial charge in [-0.2, -0.15) is 5.10 Å². The second kappa shape index (κ2) is 5.75. The van der Waals surface area contributed by atoms with Gasteiger partial charge in [0, 0.05) is 23.7 Å². The highest BCUT2D eigenvalue weighted by Crippen LogP contribution is 2.29. The van der Waals surface area contributed by atoms with Gasteiger partial charge in [0.15, 0.2) is 12.1 Å². The van der Waals surface area contributed by atoms with Gasteiger partial charge in [0.1, 0.15) is 0 Å². The van der Waals surface area contributed by atoms with Crippen molar-refractivity contribution in [3.63, 3.8) is 0 Å². The highest BCUT2D eigenvalue weighted by Gasteiger charge is 2.14. The summed E-state index contributed by atoms with van der Waals surface area (Å²) in [5.74, 6) is 0.676. The molecule has 0 spiro atoms. The number of pyridine rings is 1. The van der Waals surface area contributed by atoms with E-state index in [1.165, 1.54) is 6.20 Å². The summed E-state index contributed by atoms with van der Waals surface area (Å²) in [6.45, 7) is 4.81. The summed E-state index contributed by atoms with van der Waals surface area (Å²) in [6.07, 6.45) is 1.51. The molecule has 0 radical (unpaired) electrons. The average molecular weight is 298 g/mol. The van der Waals surface area contributed by atoms with E-state index in [0.717, 1.165) is 23.0 Å². The molecule has 0 aliphatic heterocycles. The summed E-state index contributed by atoms with van der Waals surface area (Å²) in [4.78, 5) is 4.03. The summed E-state index contributed by atoms with van der Waals surface area (Å²) in [7, 11) is 0. The maximum absolute atomic E-state index is 9.45. The first-order valence-corrected chi connectivity index (χ1v) is 7.14. The van der Waals surface area contributed by atoms with Crippen LogP contribution < -0.4 is 5.32 Å². The molecule has 0 saturated heterocycles. The Balaban J connectivity index is 2.10. The monoisotopic (exact) mass is 298 g/mol. The van der Waals surface area contributed by atoms with E-state index in [9.17, 15) is 10.2 Å². The minimum absolute atomic E-state index is 0.363. The van der Waals surface area contributed by atoms with Gasteiger partial charge in [-0.3, -0.25) is 9.67 Å². The Morgan fingerprint density at radius 2 is 2.09 bits per heavy atom. The summed E-state index contributed by atoms with van der Waals surface area (Å²) < 4.78 is 1.91. The van der Waals surface area contributed by atoms with Gasteiger partial charge < -0.3 is 15.5 Å². The lowest BCUT2D eigenvalue weighted by Crippen LogP contribution is -2.03. The van der Waals surface area contributed by atoms with E-state index in [1.807, 2.05) is 30.7 Å². The van der Waals surface area contributed by atoms with Crippen molar-refractivity contribution in [2.45, 2.75) is 26.7 Å². The first-order valence-electron chi connectivity index (χ1n) is 7.14. The molecule has 0 amide bonds. The molecule has 2 aromatic heterocycles. The Morgan fingerprint density at radius 1 is 1.27 bits per heavy atom. The van der Waals surface area contributed by atoms with Crippen molar-refractivity contribution >= 4 is 22.4 Å². The molecule has 0 fully saturated rings. The lowest BCUT2D eigenvalue weighted by molar-refractivity contribution is -0.0419. The largest absolute Gasteiger partial charge is 0.364 e. The Labute approximate surface area is 128 Å². The summed E-state index contributed by atoms with van der Waals surface area (Å²) in [5.41, 5.74) is 3.06. The van der Waals surface area contributed by atoms with Crippen LogP contribution in [0.15, 0.2) is 36.7 Å². The van der Waals surface area contributed by atoms with E-state index in [1.54, 1.807) is 12.3 Å². The zero-order valence-electron chi connectivity index (χ0n) is 12.5. The number of anilines is 2. The number of aromatic nitrogens is 3. The maximum atomic E-state index is 9.45. The summed E-state index contributed by atoms with van der Waals surface area (Å²) >= 11 is 0. The number of hydrogen-bond donors (Lipinski definition) is 3. The van der Waals surface area contributed by atoms with E-state index in [-0.39, 0.29) is 0 Å². The van der Waals surface area contributed by atoms with Gasteiger partial charge in [0.2, 0.25) is 0 Å². The van der Waals surface area contributed by atoms with E-state index in [2.05, 4.69) is 21.5 Å². The van der Waals surface area contributed by atoms with Crippen molar-refractivity contribution in [2.24, 2.45) is 0 Å². The first kappa shape index (κ1) is 14.5. The fraction of sp³-hybridized carbons (Fsp3) is 0.250. The molecular formula is C16H18N4O2. The van der Waals surface area contributed by atoms with Crippen molar-refractivity contribution in [2.75, 3.05) is 5.32 Å². The molecule has 3 N–H and O–H groups in total. The van der Waals surface area contributed by atoms with E-state index >= 15 is 0 Å². The van der Waals surface area contributed by atoms with Crippen LogP contribution in [0.4, 0.5) is 11.5 Å². The lowest BCUT2D eigenvalue weighted by atomic mass is 10.1. The molecular weight excluding hydrogens is 280 g/mol. The molecule has 0 saturated carbocycles. The summed E-state index contributed by atoms with van der Waals surface area (Å²) in [5, 5.41) is 27.6. The smallest absolute Gasteiger partial charge is 0.180 e. The Hall–Kier alpha value is -2.44. The van der Waals surface area contributed by atoms with Gasteiger partial charge in [-0.25, -0.2) is 0 Å². The van der Waals surface area contributed by atoms with Crippen molar-refractivity contribution < 1.29 is 10.2 Å². The van der Waals surface area contributed by atoms with Gasteiger partial charge in [-0.1, -0.05) is 11.6 Å². The minimum atomic E-state index is -1.56. The second-order valence-corrected chi connectivity index (χ2v) is 5.15. The van der Waals surface area contributed by atoms with Crippen LogP contribution in [0.5, 0.6) is 0 Å². The minimum Gasteiger partial charge on any atom is -0.364 e. The van der Waals surface area contributed by atoms with Gasteiger partial charge in [0.05, 0.1) is 17.4 Å². The van der Waals surface area contributed by atoms with E-state index in [0.29, 0.717) is 17.1 Å². The Morgan fingerprint density at radius 3 is 2.82 bits per heavy atom. The lowest BCUT2D eigenvalue weighted by Gasteiger charge is -2.11. The zero-order chi connectivity index (χ0) is 15.7. The molecule has 6 nitrogen and oxygen atoms in total. The van der Waals surface area contributed by atoms with Gasteiger partial charge >= 0.3 is 0 Å². The van der Waals surface area contributed by atoms with Crippen LogP contribution in [0.25, 0.3) is 10.9 Å². The Bertz CT molecular complexity index is 811. The molecule has 2 heterocycles. The number of fused-ring (bicyclic) bond motifs is 1. The molecule has 22 heavy (non-hydrogen) atoms. The fourth-order valence-corrected chi connectivity index (χ4v) is 2.49. The van der Waals surface area contributed by atoms with Gasteiger partial charge in [-0.15, -0.1) is 0 Å². The second-order valence-electron chi connectivity index (χ2n) is 5.15. The van der Waals surface area contributed by atoms with Crippen LogP contribution in [0, 0.1) is 6.92 Å². The van der Waals surface area contributed by atoms with Crippen molar-refractivity contribution in [1.29, 1.82) is 0 Å². The molecule has 0 unspecified atom stereocenters. The van der Waals surface area contributed by atoms with E-state index in [4.69, 9.17) is 0 Å². The predicted octanol–water partition coefficient (Wildman–Crippen LogP) is 2.49. The zero-order valence-corrected chi connectivity index (χ0v) is 12.5. The van der Waals surface area contributed by atoms with Crippen LogP contribution in [-0.2, 0) is 6.54 Å². The van der Waals surface area contributed by atoms with Crippen LogP contribution in [0.3, 0.4) is 0 Å². The molecule has 0 atom stereocenters. The number of rotatable bonds is 4. The van der Waals surface area contributed by atoms with Gasteiger partial charge in [-0.05, 0) is 32.0 Å². The number of aliphatic hydroxyl groups is 2. The number of nitrogens with one attached hydrogen (secondary N) is 1. The Kier molecular flexibility index (Phi) is 3.79. The third kappa shape index (κ3) is 2.54. The average Bonchev–Trinajstić information content (AvgIpc) is 2.85. The van der Waals surface area contributed by atoms with Crippen molar-refractivity contribution in [3.8, 4) is 0 Å². The van der Waals surface area contributed by atoms with Gasteiger partial charge in [0.25, 0.3) is 0 Å². The molecule has 3 rings (SSSR count). The number of aryl methyl sites for hydroxylation is 2. The number of benzene rings is 1. The topological polar surface area (TPSA) is 83.2 Å². The van der Waals surface area contributed by atoms with Crippen LogP contribution >= 0.6 is 0 Å². The molecule has 0 aliphatic carbocycles. The number of nitrogens with zero attached hydrogens (tertiary/aromatic N) is 3. The SMILES string of the molecule is CCn1nc(Nc2cnccc2C(O)O)c2cc(C)ccc21. The highest BCUT2D eigenvalue weighted by molar-refractivity contribution is 5.92. The number of aliphatic hydroxyl groups excluding tert-OH is 1. The fourth-order valence-electron chi connectivity index (χ4n) is 2.49. The molecule has 0 bridgehead atoms. The molecule has 6 heteroatoms. The van der Waals surface area contributed by atoms with E-state index < -0.39 is 6.29 Å². The first-order chi connectivity index (χ1) is 10.6. The quantitative estimate of drug-likeness (QED) is 0.645. The third-order valence-electron chi connectivity index (χ3n) is 3.59. The number of hydrogen-bond acceptors (Lipinski definition) is 5. The standard InChI is InChI=1S/C16H18N4O2/c1-3-20-14-5-4-10(2)8-12(14)15(19-20)18-13-9-17-7-6-11(13)16(21)22/h4-9,16,21-22H,3H2,1-2H3,(H,18,19). The summed E-state index contributed by atoms with van der Waals surface area (Å²) in [6, 6.07) is 7.71.